The summed E-state index contributed by atoms with van der Waals surface area (Å²) in [6, 6.07) is 13.7. The lowest BCUT2D eigenvalue weighted by atomic mass is 10.1. The van der Waals surface area contributed by atoms with E-state index in [0.29, 0.717) is 28.7 Å². The molecule has 0 aliphatic carbocycles. The third kappa shape index (κ3) is 4.25. The summed E-state index contributed by atoms with van der Waals surface area (Å²) in [5.41, 5.74) is 1.19. The van der Waals surface area contributed by atoms with Gasteiger partial charge in [0.1, 0.15) is 0 Å². The molecule has 7 nitrogen and oxygen atoms in total. The number of amides is 2. The minimum Gasteiger partial charge on any atom is -0.326 e. The maximum Gasteiger partial charge on any atom is 0.276 e. The molecule has 1 aromatic heterocycles. The van der Waals surface area contributed by atoms with Crippen molar-refractivity contribution in [2.75, 3.05) is 10.6 Å². The topological polar surface area (TPSA) is 93.1 Å². The Labute approximate surface area is 162 Å². The number of nitrogens with zero attached hydrogens (tertiary/aromatic N) is 2. The molecule has 28 heavy (non-hydrogen) atoms. The molecule has 7 heteroatoms. The van der Waals surface area contributed by atoms with Crippen molar-refractivity contribution >= 4 is 34.0 Å². The van der Waals surface area contributed by atoms with Gasteiger partial charge in [-0.3, -0.25) is 14.4 Å². The molecule has 2 amide bonds. The molecule has 2 aromatic carbocycles. The fourth-order valence-electron chi connectivity index (χ4n) is 2.90. The van der Waals surface area contributed by atoms with Crippen molar-refractivity contribution in [3.63, 3.8) is 0 Å². The molecule has 0 radical (unpaired) electrons. The van der Waals surface area contributed by atoms with E-state index in [1.54, 1.807) is 48.5 Å². The Kier molecular flexibility index (Phi) is 5.54. The summed E-state index contributed by atoms with van der Waals surface area (Å²) in [4.78, 5) is 36.6. The van der Waals surface area contributed by atoms with Gasteiger partial charge < -0.3 is 10.6 Å². The number of anilines is 2. The first-order valence-electron chi connectivity index (χ1n) is 9.04. The molecule has 0 bridgehead atoms. The first kappa shape index (κ1) is 19.3. The number of carbonyl (C=O) groups excluding carboxylic acids is 2. The Morgan fingerprint density at radius 2 is 1.54 bits per heavy atom. The number of hydrogen-bond acceptors (Lipinski definition) is 4. The molecule has 0 unspecified atom stereocenters. The molecule has 1 heterocycles. The first-order valence-corrected chi connectivity index (χ1v) is 9.04. The van der Waals surface area contributed by atoms with Crippen LogP contribution in [0.15, 0.2) is 53.3 Å². The van der Waals surface area contributed by atoms with E-state index >= 15 is 0 Å². The van der Waals surface area contributed by atoms with Gasteiger partial charge in [0.2, 0.25) is 5.91 Å². The summed E-state index contributed by atoms with van der Waals surface area (Å²) < 4.78 is 1.35. The molecule has 0 atom stereocenters. The van der Waals surface area contributed by atoms with E-state index in [0.717, 1.165) is 0 Å². The smallest absolute Gasteiger partial charge is 0.276 e. The van der Waals surface area contributed by atoms with Gasteiger partial charge in [-0.1, -0.05) is 32.0 Å². The Morgan fingerprint density at radius 3 is 2.11 bits per heavy atom. The Hall–Kier alpha value is -3.48. The van der Waals surface area contributed by atoms with E-state index in [-0.39, 0.29) is 23.1 Å². The molecule has 2 N–H and O–H groups in total. The average molecular weight is 378 g/mol. The van der Waals surface area contributed by atoms with Crippen molar-refractivity contribution in [2.45, 2.75) is 27.3 Å². The monoisotopic (exact) mass is 378 g/mol. The van der Waals surface area contributed by atoms with Crippen molar-refractivity contribution in [3.05, 3.63) is 64.6 Å². The van der Waals surface area contributed by atoms with E-state index in [4.69, 9.17) is 0 Å². The predicted molar refractivity (Wildman–Crippen MR) is 110 cm³/mol. The van der Waals surface area contributed by atoms with Crippen LogP contribution in [0.3, 0.4) is 0 Å². The second-order valence-corrected chi connectivity index (χ2v) is 6.99. The van der Waals surface area contributed by atoms with E-state index in [9.17, 15) is 14.4 Å². The summed E-state index contributed by atoms with van der Waals surface area (Å²) in [5, 5.41) is 10.8. The molecule has 0 fully saturated rings. The lowest BCUT2D eigenvalue weighted by molar-refractivity contribution is -0.114. The summed E-state index contributed by atoms with van der Waals surface area (Å²) in [7, 11) is 0. The van der Waals surface area contributed by atoms with Gasteiger partial charge in [-0.05, 0) is 36.2 Å². The molecule has 0 saturated heterocycles. The fraction of sp³-hybridized carbons (Fsp3) is 0.238. The van der Waals surface area contributed by atoms with E-state index in [1.807, 2.05) is 13.8 Å². The third-order valence-electron chi connectivity index (χ3n) is 4.08. The van der Waals surface area contributed by atoms with Crippen LogP contribution < -0.4 is 16.2 Å². The Bertz CT molecular complexity index is 1080. The van der Waals surface area contributed by atoms with Gasteiger partial charge in [0.05, 0.1) is 5.39 Å². The van der Waals surface area contributed by atoms with Gasteiger partial charge in [-0.25, -0.2) is 4.68 Å². The minimum atomic E-state index is -0.402. The van der Waals surface area contributed by atoms with Crippen molar-refractivity contribution in [1.29, 1.82) is 0 Å². The first-order chi connectivity index (χ1) is 13.3. The van der Waals surface area contributed by atoms with Gasteiger partial charge in [-0.15, -0.1) is 0 Å². The molecule has 3 rings (SSSR count). The highest BCUT2D eigenvalue weighted by molar-refractivity contribution is 6.11. The summed E-state index contributed by atoms with van der Waals surface area (Å²) >= 11 is 0. The number of nitrogens with one attached hydrogen (secondary N) is 2. The minimum absolute atomic E-state index is 0.167. The average Bonchev–Trinajstić information content (AvgIpc) is 2.65. The molecule has 0 aliphatic heterocycles. The lowest BCUT2D eigenvalue weighted by Crippen LogP contribution is -2.29. The molecular formula is C21H22N4O3. The van der Waals surface area contributed by atoms with E-state index in [2.05, 4.69) is 15.7 Å². The highest BCUT2D eigenvalue weighted by atomic mass is 16.2. The lowest BCUT2D eigenvalue weighted by Gasteiger charge is -2.13. The second-order valence-electron chi connectivity index (χ2n) is 6.99. The van der Waals surface area contributed by atoms with Crippen LogP contribution in [-0.2, 0) is 11.3 Å². The van der Waals surface area contributed by atoms with Crippen molar-refractivity contribution in [3.8, 4) is 0 Å². The van der Waals surface area contributed by atoms with Crippen LogP contribution in [0.25, 0.3) is 10.8 Å². The standard InChI is InChI=1S/C21H22N4O3/c1-13(2)12-25-21(28)18-7-5-4-6-17(18)19(24-25)20(27)23-16-10-8-15(9-11-16)22-14(3)26/h4-11,13H,12H2,1-3H3,(H,22,26)(H,23,27). The van der Waals surface area contributed by atoms with Gasteiger partial charge >= 0.3 is 0 Å². The maximum atomic E-state index is 12.9. The van der Waals surface area contributed by atoms with Crippen LogP contribution in [-0.4, -0.2) is 21.6 Å². The summed E-state index contributed by atoms with van der Waals surface area (Å²) in [6.07, 6.45) is 0. The van der Waals surface area contributed by atoms with Gasteiger partial charge in [-0.2, -0.15) is 5.10 Å². The van der Waals surface area contributed by atoms with Crippen molar-refractivity contribution in [1.82, 2.24) is 9.78 Å². The molecule has 0 aliphatic rings. The quantitative estimate of drug-likeness (QED) is 0.713. The molecule has 3 aromatic rings. The van der Waals surface area contributed by atoms with E-state index in [1.165, 1.54) is 11.6 Å². The largest absolute Gasteiger partial charge is 0.326 e. The number of carbonyl (C=O) groups is 2. The normalized spacial score (nSPS) is 10.9. The number of aromatic nitrogens is 2. The van der Waals surface area contributed by atoms with Crippen LogP contribution in [0.4, 0.5) is 11.4 Å². The molecule has 144 valence electrons. The van der Waals surface area contributed by atoms with E-state index < -0.39 is 5.91 Å². The predicted octanol–water partition coefficient (Wildman–Crippen LogP) is 3.26. The van der Waals surface area contributed by atoms with Crippen LogP contribution in [0.1, 0.15) is 31.3 Å². The van der Waals surface area contributed by atoms with Crippen molar-refractivity contribution in [2.24, 2.45) is 5.92 Å². The molecule has 0 saturated carbocycles. The number of rotatable bonds is 5. The SMILES string of the molecule is CC(=O)Nc1ccc(NC(=O)c2nn(CC(C)C)c(=O)c3ccccc23)cc1. The number of benzene rings is 2. The summed E-state index contributed by atoms with van der Waals surface area (Å²) in [6.45, 7) is 5.83. The van der Waals surface area contributed by atoms with Gasteiger partial charge in [0.25, 0.3) is 11.5 Å². The van der Waals surface area contributed by atoms with Crippen LogP contribution in [0, 0.1) is 5.92 Å². The molecular weight excluding hydrogens is 356 g/mol. The Morgan fingerprint density at radius 1 is 0.964 bits per heavy atom. The van der Waals surface area contributed by atoms with Crippen molar-refractivity contribution < 1.29 is 9.59 Å². The Balaban J connectivity index is 1.95. The zero-order valence-electron chi connectivity index (χ0n) is 16.0. The highest BCUT2D eigenvalue weighted by Crippen LogP contribution is 2.18. The van der Waals surface area contributed by atoms with Crippen LogP contribution >= 0.6 is 0 Å². The van der Waals surface area contributed by atoms with Gasteiger partial charge in [0.15, 0.2) is 5.69 Å². The maximum absolute atomic E-state index is 12.9. The van der Waals surface area contributed by atoms with Gasteiger partial charge in [0, 0.05) is 30.2 Å². The summed E-state index contributed by atoms with van der Waals surface area (Å²) in [5.74, 6) is -0.357. The second kappa shape index (κ2) is 8.04. The van der Waals surface area contributed by atoms with Crippen LogP contribution in [0.5, 0.6) is 0 Å². The fourth-order valence-corrected chi connectivity index (χ4v) is 2.90. The zero-order chi connectivity index (χ0) is 20.3. The highest BCUT2D eigenvalue weighted by Gasteiger charge is 2.17. The number of fused-ring (bicyclic) bond motifs is 1. The zero-order valence-corrected chi connectivity index (χ0v) is 16.0. The number of hydrogen-bond donors (Lipinski definition) is 2. The third-order valence-corrected chi connectivity index (χ3v) is 4.08. The van der Waals surface area contributed by atoms with Crippen LogP contribution in [0.2, 0.25) is 0 Å². The molecule has 0 spiro atoms.